The molecule has 0 atom stereocenters. The first-order valence-electron chi connectivity index (χ1n) is 9.20. The van der Waals surface area contributed by atoms with E-state index in [4.69, 9.17) is 14.2 Å². The van der Waals surface area contributed by atoms with E-state index < -0.39 is 5.97 Å². The molecule has 0 radical (unpaired) electrons. The van der Waals surface area contributed by atoms with Crippen LogP contribution in [-0.2, 0) is 4.79 Å². The van der Waals surface area contributed by atoms with Crippen molar-refractivity contribution in [2.45, 2.75) is 20.8 Å². The Balaban J connectivity index is 1.92. The molecule has 0 amide bonds. The number of hydrogen-bond acceptors (Lipinski definition) is 7. The Morgan fingerprint density at radius 3 is 2.37 bits per heavy atom. The van der Waals surface area contributed by atoms with Gasteiger partial charge in [-0.2, -0.15) is 0 Å². The number of esters is 1. The molecule has 0 unspecified atom stereocenters. The zero-order valence-electron chi connectivity index (χ0n) is 17.2. The van der Waals surface area contributed by atoms with Gasteiger partial charge in [0, 0.05) is 6.92 Å². The molecule has 0 saturated carbocycles. The number of hydrogen-bond donors (Lipinski definition) is 0. The molecule has 0 fully saturated rings. The molecule has 2 heterocycles. The van der Waals surface area contributed by atoms with Gasteiger partial charge in [-0.25, -0.2) is 9.38 Å². The molecule has 154 valence electrons. The standard InChI is InChI=1S/C22H20N2O5S/c1-11-6-12(2)19-15(7-11)24-21(26)18(30-22(24)23-19)10-14-8-16(27-4)20(29-13(3)25)17(9-14)28-5/h6-10H,1-5H3/b18-10+. The lowest BCUT2D eigenvalue weighted by atomic mass is 10.1. The minimum absolute atomic E-state index is 0.135. The summed E-state index contributed by atoms with van der Waals surface area (Å²) in [4.78, 5) is 29.8. The van der Waals surface area contributed by atoms with Gasteiger partial charge in [0.1, 0.15) is 0 Å². The molecule has 4 aromatic rings. The number of ether oxygens (including phenoxy) is 3. The van der Waals surface area contributed by atoms with Crippen LogP contribution in [0.1, 0.15) is 23.6 Å². The minimum atomic E-state index is -0.484. The lowest BCUT2D eigenvalue weighted by Gasteiger charge is -2.13. The van der Waals surface area contributed by atoms with Crippen molar-refractivity contribution in [1.29, 1.82) is 0 Å². The number of carbonyl (C=O) groups excluding carboxylic acids is 1. The molecule has 0 N–H and O–H groups in total. The fourth-order valence-corrected chi connectivity index (χ4v) is 4.47. The van der Waals surface area contributed by atoms with Crippen LogP contribution < -0.4 is 24.3 Å². The fraction of sp³-hybridized carbons (Fsp3) is 0.227. The second-order valence-electron chi connectivity index (χ2n) is 6.94. The molecular weight excluding hydrogens is 404 g/mol. The second kappa shape index (κ2) is 7.46. The summed E-state index contributed by atoms with van der Waals surface area (Å²) in [5.74, 6) is 0.384. The summed E-state index contributed by atoms with van der Waals surface area (Å²) in [5.41, 5.74) is 4.31. The smallest absolute Gasteiger partial charge is 0.308 e. The van der Waals surface area contributed by atoms with E-state index in [0.29, 0.717) is 26.6 Å². The highest BCUT2D eigenvalue weighted by atomic mass is 32.1. The van der Waals surface area contributed by atoms with Crippen molar-refractivity contribution in [3.63, 3.8) is 0 Å². The molecule has 4 rings (SSSR count). The molecule has 8 heteroatoms. The molecular formula is C22H20N2O5S. The third-order valence-electron chi connectivity index (χ3n) is 4.71. The van der Waals surface area contributed by atoms with Crippen LogP contribution in [-0.4, -0.2) is 29.6 Å². The van der Waals surface area contributed by atoms with Crippen LogP contribution in [0.15, 0.2) is 29.1 Å². The van der Waals surface area contributed by atoms with Gasteiger partial charge in [-0.15, -0.1) is 0 Å². The summed E-state index contributed by atoms with van der Waals surface area (Å²) in [5, 5.41) is 0. The molecule has 0 aliphatic heterocycles. The van der Waals surface area contributed by atoms with Crippen LogP contribution in [0.5, 0.6) is 17.2 Å². The molecule has 0 spiro atoms. The van der Waals surface area contributed by atoms with Crippen molar-refractivity contribution < 1.29 is 19.0 Å². The second-order valence-corrected chi connectivity index (χ2v) is 7.95. The lowest BCUT2D eigenvalue weighted by Crippen LogP contribution is -2.22. The van der Waals surface area contributed by atoms with Crippen molar-refractivity contribution >= 4 is 39.4 Å². The van der Waals surface area contributed by atoms with Gasteiger partial charge < -0.3 is 14.2 Å². The Kier molecular flexibility index (Phi) is 4.95. The number of methoxy groups -OCH3 is 2. The number of fused-ring (bicyclic) bond motifs is 3. The predicted molar refractivity (Wildman–Crippen MR) is 116 cm³/mol. The average molecular weight is 424 g/mol. The Labute approximate surface area is 176 Å². The van der Waals surface area contributed by atoms with Crippen molar-refractivity contribution in [1.82, 2.24) is 9.38 Å². The van der Waals surface area contributed by atoms with E-state index in [1.54, 1.807) is 22.6 Å². The van der Waals surface area contributed by atoms with Gasteiger partial charge >= 0.3 is 5.97 Å². The van der Waals surface area contributed by atoms with E-state index in [1.807, 2.05) is 19.9 Å². The van der Waals surface area contributed by atoms with Gasteiger partial charge in [0.25, 0.3) is 5.56 Å². The molecule has 0 bridgehead atoms. The van der Waals surface area contributed by atoms with E-state index >= 15 is 0 Å². The van der Waals surface area contributed by atoms with E-state index in [2.05, 4.69) is 11.1 Å². The van der Waals surface area contributed by atoms with Gasteiger partial charge in [-0.05, 0) is 54.8 Å². The zero-order chi connectivity index (χ0) is 21.6. The third-order valence-corrected chi connectivity index (χ3v) is 5.67. The van der Waals surface area contributed by atoms with Crippen molar-refractivity contribution in [3.8, 4) is 17.2 Å². The summed E-state index contributed by atoms with van der Waals surface area (Å²) < 4.78 is 18.1. The van der Waals surface area contributed by atoms with Crippen LogP contribution in [0.3, 0.4) is 0 Å². The normalized spacial score (nSPS) is 12.0. The molecule has 2 aromatic heterocycles. The van der Waals surface area contributed by atoms with E-state index in [-0.39, 0.29) is 11.3 Å². The first kappa shape index (κ1) is 19.9. The molecule has 0 saturated heterocycles. The van der Waals surface area contributed by atoms with Crippen LogP contribution >= 0.6 is 11.3 Å². The van der Waals surface area contributed by atoms with Gasteiger partial charge in [-0.3, -0.25) is 9.59 Å². The number of thiazole rings is 1. The summed E-state index contributed by atoms with van der Waals surface area (Å²) in [6.45, 7) is 5.30. The van der Waals surface area contributed by atoms with Crippen molar-refractivity contribution in [2.24, 2.45) is 0 Å². The Morgan fingerprint density at radius 2 is 1.77 bits per heavy atom. The van der Waals surface area contributed by atoms with Crippen LogP contribution in [0.2, 0.25) is 0 Å². The van der Waals surface area contributed by atoms with Gasteiger partial charge in [0.2, 0.25) is 5.75 Å². The summed E-state index contributed by atoms with van der Waals surface area (Å²) in [6.07, 6.45) is 1.75. The van der Waals surface area contributed by atoms with E-state index in [0.717, 1.165) is 22.2 Å². The summed E-state index contributed by atoms with van der Waals surface area (Å²) in [6, 6.07) is 7.41. The Morgan fingerprint density at radius 1 is 1.10 bits per heavy atom. The minimum Gasteiger partial charge on any atom is -0.493 e. The summed E-state index contributed by atoms with van der Waals surface area (Å²) >= 11 is 1.32. The predicted octanol–water partition coefficient (Wildman–Crippen LogP) is 3.02. The molecule has 0 aliphatic carbocycles. The van der Waals surface area contributed by atoms with Crippen LogP contribution in [0.4, 0.5) is 0 Å². The maximum atomic E-state index is 13.1. The first-order chi connectivity index (χ1) is 14.3. The number of aryl methyl sites for hydroxylation is 2. The largest absolute Gasteiger partial charge is 0.493 e. The average Bonchev–Trinajstić information content (AvgIpc) is 3.19. The highest BCUT2D eigenvalue weighted by molar-refractivity contribution is 7.15. The third kappa shape index (κ3) is 3.29. The lowest BCUT2D eigenvalue weighted by molar-refractivity contribution is -0.132. The van der Waals surface area contributed by atoms with Gasteiger partial charge in [-0.1, -0.05) is 17.4 Å². The maximum absolute atomic E-state index is 13.1. The van der Waals surface area contributed by atoms with E-state index in [9.17, 15) is 9.59 Å². The molecule has 7 nitrogen and oxygen atoms in total. The van der Waals surface area contributed by atoms with Crippen LogP contribution in [0, 0.1) is 13.8 Å². The Hall–Kier alpha value is -3.39. The molecule has 30 heavy (non-hydrogen) atoms. The van der Waals surface area contributed by atoms with E-state index in [1.165, 1.54) is 32.5 Å². The first-order valence-corrected chi connectivity index (χ1v) is 10.0. The number of imidazole rings is 1. The number of carbonyl (C=O) groups is 1. The number of aromatic nitrogens is 2. The highest BCUT2D eigenvalue weighted by Gasteiger charge is 2.17. The molecule has 2 aromatic carbocycles. The highest BCUT2D eigenvalue weighted by Crippen LogP contribution is 2.39. The maximum Gasteiger partial charge on any atom is 0.308 e. The Bertz CT molecular complexity index is 1390. The monoisotopic (exact) mass is 424 g/mol. The quantitative estimate of drug-likeness (QED) is 0.370. The molecule has 0 aliphatic rings. The number of rotatable bonds is 4. The topological polar surface area (TPSA) is 79.1 Å². The van der Waals surface area contributed by atoms with Gasteiger partial charge in [0.05, 0.1) is 29.8 Å². The fourth-order valence-electron chi connectivity index (χ4n) is 3.49. The van der Waals surface area contributed by atoms with Crippen LogP contribution in [0.25, 0.3) is 22.1 Å². The van der Waals surface area contributed by atoms with Crippen molar-refractivity contribution in [3.05, 3.63) is 55.8 Å². The number of nitrogens with zero attached hydrogens (tertiary/aromatic N) is 2. The summed E-state index contributed by atoms with van der Waals surface area (Å²) in [7, 11) is 2.95. The number of benzene rings is 2. The van der Waals surface area contributed by atoms with Crippen molar-refractivity contribution in [2.75, 3.05) is 14.2 Å². The SMILES string of the molecule is COc1cc(/C=c2/sc3nc4c(C)cc(C)cc4n3c2=O)cc(OC)c1OC(C)=O. The van der Waals surface area contributed by atoms with Gasteiger partial charge in [0.15, 0.2) is 16.5 Å². The zero-order valence-corrected chi connectivity index (χ0v) is 18.0.